The summed E-state index contributed by atoms with van der Waals surface area (Å²) >= 11 is 0. The van der Waals surface area contributed by atoms with Crippen LogP contribution in [-0.4, -0.2) is 24.5 Å². The number of benzene rings is 3. The zero-order valence-electron chi connectivity index (χ0n) is 15.4. The molecule has 9 nitrogen and oxygen atoms in total. The Labute approximate surface area is 172 Å². The highest BCUT2D eigenvalue weighted by atomic mass is 32.2. The molecule has 1 unspecified atom stereocenters. The van der Waals surface area contributed by atoms with Gasteiger partial charge in [0.05, 0.1) is 9.82 Å². The van der Waals surface area contributed by atoms with Crippen LogP contribution in [0.4, 0.5) is 5.69 Å². The van der Waals surface area contributed by atoms with E-state index in [9.17, 15) is 28.0 Å². The zero-order valence-corrected chi connectivity index (χ0v) is 17.1. The molecule has 0 radical (unpaired) electrons. The van der Waals surface area contributed by atoms with E-state index in [2.05, 4.69) is 4.72 Å². The Hall–Kier alpha value is -3.04. The first-order chi connectivity index (χ1) is 14.2. The first-order valence-electron chi connectivity index (χ1n) is 8.57. The Kier molecular flexibility index (Phi) is 6.33. The predicted molar refractivity (Wildman–Crippen MR) is 111 cm³/mol. The molecule has 0 aliphatic carbocycles. The lowest BCUT2D eigenvalue weighted by Gasteiger charge is -2.14. The number of hydrogen-bond acceptors (Lipinski definition) is 6. The van der Waals surface area contributed by atoms with Crippen LogP contribution in [0.25, 0.3) is 11.1 Å². The van der Waals surface area contributed by atoms with Crippen LogP contribution in [0.15, 0.2) is 83.8 Å². The summed E-state index contributed by atoms with van der Waals surface area (Å²) in [5.74, 6) is -0.0992. The summed E-state index contributed by atoms with van der Waals surface area (Å²) in [5, 5.41) is 10.6. The fraction of sp³-hybridized carbons (Fsp3) is 0.0526. The smallest absolute Gasteiger partial charge is 0.391 e. The molecule has 0 spiro atoms. The van der Waals surface area contributed by atoms with Gasteiger partial charge in [-0.25, -0.2) is 13.0 Å². The molecule has 3 aromatic carbocycles. The SMILES string of the molecule is O=[N+]([O-])c1ccc(OP(=O)(O)CNS(=O)(=O)c2ccc(-c3ccccc3)cc2)cc1. The molecule has 0 aromatic heterocycles. The van der Waals surface area contributed by atoms with Gasteiger partial charge in [-0.15, -0.1) is 0 Å². The molecule has 0 amide bonds. The topological polar surface area (TPSA) is 136 Å². The molecule has 0 fully saturated rings. The minimum Gasteiger partial charge on any atom is -0.424 e. The molecule has 0 bridgehead atoms. The Morgan fingerprint density at radius 3 is 2.07 bits per heavy atom. The summed E-state index contributed by atoms with van der Waals surface area (Å²) < 4.78 is 44.0. The molecular formula is C19H17N2O7PS. The summed E-state index contributed by atoms with van der Waals surface area (Å²) in [4.78, 5) is 19.9. The fourth-order valence-corrected chi connectivity index (χ4v) is 5.04. The van der Waals surface area contributed by atoms with Crippen LogP contribution in [-0.2, 0) is 14.6 Å². The van der Waals surface area contributed by atoms with Gasteiger partial charge in [0, 0.05) is 12.1 Å². The van der Waals surface area contributed by atoms with Crippen LogP contribution in [0.1, 0.15) is 0 Å². The molecule has 30 heavy (non-hydrogen) atoms. The lowest BCUT2D eigenvalue weighted by atomic mass is 10.1. The number of hydrogen-bond donors (Lipinski definition) is 2. The van der Waals surface area contributed by atoms with Gasteiger partial charge in [-0.2, -0.15) is 4.72 Å². The Morgan fingerprint density at radius 2 is 1.50 bits per heavy atom. The van der Waals surface area contributed by atoms with Crippen molar-refractivity contribution < 1.29 is 27.3 Å². The number of rotatable bonds is 8. The Bertz CT molecular complexity index is 1180. The summed E-state index contributed by atoms with van der Waals surface area (Å²) in [5.41, 5.74) is 1.53. The third kappa shape index (κ3) is 5.52. The van der Waals surface area contributed by atoms with Gasteiger partial charge >= 0.3 is 7.60 Å². The molecule has 3 rings (SSSR count). The maximum absolute atomic E-state index is 12.4. The molecule has 11 heteroatoms. The van der Waals surface area contributed by atoms with E-state index in [1.807, 2.05) is 30.3 Å². The lowest BCUT2D eigenvalue weighted by molar-refractivity contribution is -0.384. The lowest BCUT2D eigenvalue weighted by Crippen LogP contribution is -2.25. The number of nitro groups is 1. The van der Waals surface area contributed by atoms with Crippen LogP contribution in [0.3, 0.4) is 0 Å². The highest BCUT2D eigenvalue weighted by Gasteiger charge is 2.25. The van der Waals surface area contributed by atoms with Crippen molar-refractivity contribution in [1.82, 2.24) is 4.72 Å². The number of non-ortho nitro benzene ring substituents is 1. The fourth-order valence-electron chi connectivity index (χ4n) is 2.53. The van der Waals surface area contributed by atoms with Crippen molar-refractivity contribution in [2.24, 2.45) is 0 Å². The summed E-state index contributed by atoms with van der Waals surface area (Å²) in [6.45, 7) is 0. The summed E-state index contributed by atoms with van der Waals surface area (Å²) in [6, 6.07) is 19.9. The van der Waals surface area contributed by atoms with Crippen LogP contribution >= 0.6 is 7.60 Å². The minimum atomic E-state index is -4.39. The molecule has 156 valence electrons. The first kappa shape index (κ1) is 21.7. The monoisotopic (exact) mass is 448 g/mol. The second-order valence-electron chi connectivity index (χ2n) is 6.18. The first-order valence-corrected chi connectivity index (χ1v) is 11.8. The van der Waals surface area contributed by atoms with E-state index < -0.39 is 28.8 Å². The molecule has 0 heterocycles. The van der Waals surface area contributed by atoms with Crippen molar-refractivity contribution in [1.29, 1.82) is 0 Å². The van der Waals surface area contributed by atoms with Crippen LogP contribution < -0.4 is 9.25 Å². The second-order valence-corrected chi connectivity index (χ2v) is 9.72. The normalized spacial score (nSPS) is 13.4. The Morgan fingerprint density at radius 1 is 0.933 bits per heavy atom. The van der Waals surface area contributed by atoms with E-state index in [0.29, 0.717) is 0 Å². The maximum Gasteiger partial charge on any atom is 0.391 e. The van der Waals surface area contributed by atoms with Crippen molar-refractivity contribution in [3.05, 3.63) is 89.0 Å². The molecule has 0 aliphatic heterocycles. The van der Waals surface area contributed by atoms with E-state index in [0.717, 1.165) is 35.4 Å². The van der Waals surface area contributed by atoms with E-state index in [1.165, 1.54) is 12.1 Å². The van der Waals surface area contributed by atoms with Gasteiger partial charge in [-0.3, -0.25) is 10.1 Å². The molecule has 0 aliphatic rings. The molecular weight excluding hydrogens is 431 g/mol. The molecule has 0 saturated carbocycles. The molecule has 0 saturated heterocycles. The number of nitrogens with zero attached hydrogens (tertiary/aromatic N) is 1. The third-order valence-corrected chi connectivity index (χ3v) is 6.71. The predicted octanol–water partition coefficient (Wildman–Crippen LogP) is 3.76. The van der Waals surface area contributed by atoms with Gasteiger partial charge in [-0.05, 0) is 35.4 Å². The van der Waals surface area contributed by atoms with Gasteiger partial charge in [0.2, 0.25) is 10.0 Å². The van der Waals surface area contributed by atoms with Crippen molar-refractivity contribution in [3.63, 3.8) is 0 Å². The van der Waals surface area contributed by atoms with Gasteiger partial charge in [-0.1, -0.05) is 42.5 Å². The average molecular weight is 448 g/mol. The average Bonchev–Trinajstić information content (AvgIpc) is 2.73. The highest BCUT2D eigenvalue weighted by Crippen LogP contribution is 2.42. The van der Waals surface area contributed by atoms with Crippen molar-refractivity contribution in [2.75, 3.05) is 6.29 Å². The van der Waals surface area contributed by atoms with Crippen LogP contribution in [0.2, 0.25) is 0 Å². The third-order valence-electron chi connectivity index (χ3n) is 4.02. The zero-order chi connectivity index (χ0) is 21.8. The van der Waals surface area contributed by atoms with E-state index in [1.54, 1.807) is 12.1 Å². The van der Waals surface area contributed by atoms with Crippen molar-refractivity contribution in [3.8, 4) is 16.9 Å². The van der Waals surface area contributed by atoms with Gasteiger partial charge < -0.3 is 9.42 Å². The molecule has 3 aromatic rings. The molecule has 2 N–H and O–H groups in total. The summed E-state index contributed by atoms with van der Waals surface area (Å²) in [7, 11) is -8.44. The van der Waals surface area contributed by atoms with Crippen molar-refractivity contribution >= 4 is 23.3 Å². The van der Waals surface area contributed by atoms with Gasteiger partial charge in [0.15, 0.2) is 0 Å². The van der Waals surface area contributed by atoms with E-state index in [-0.39, 0.29) is 16.3 Å². The van der Waals surface area contributed by atoms with E-state index in [4.69, 9.17) is 4.52 Å². The van der Waals surface area contributed by atoms with Gasteiger partial charge in [0.1, 0.15) is 12.0 Å². The van der Waals surface area contributed by atoms with Crippen LogP contribution in [0, 0.1) is 10.1 Å². The largest absolute Gasteiger partial charge is 0.424 e. The Balaban J connectivity index is 1.66. The minimum absolute atomic E-state index is 0.0717. The number of nitrogens with one attached hydrogen (secondary N) is 1. The summed E-state index contributed by atoms with van der Waals surface area (Å²) in [6.07, 6.45) is -0.868. The number of sulfonamides is 1. The number of nitro benzene ring substituents is 1. The van der Waals surface area contributed by atoms with E-state index >= 15 is 0 Å². The quantitative estimate of drug-likeness (QED) is 0.304. The maximum atomic E-state index is 12.4. The highest BCUT2D eigenvalue weighted by molar-refractivity contribution is 7.89. The molecule has 1 atom stereocenters. The second kappa shape index (κ2) is 8.76. The standard InChI is InChI=1S/C19H17N2O7PS/c22-21(23)17-8-10-18(11-9-17)28-29(24,25)14-20-30(26,27)19-12-6-16(7-13-19)15-4-2-1-3-5-15/h1-13,20H,14H2,(H,24,25). The van der Waals surface area contributed by atoms with Gasteiger partial charge in [0.25, 0.3) is 5.69 Å². The van der Waals surface area contributed by atoms with Crippen molar-refractivity contribution in [2.45, 2.75) is 4.90 Å². The van der Waals surface area contributed by atoms with Crippen LogP contribution in [0.5, 0.6) is 5.75 Å².